The summed E-state index contributed by atoms with van der Waals surface area (Å²) < 4.78 is 0. The Bertz CT molecular complexity index is 585. The van der Waals surface area contributed by atoms with Crippen LogP contribution in [0.1, 0.15) is 12.8 Å². The van der Waals surface area contributed by atoms with Crippen molar-refractivity contribution in [3.8, 4) is 11.3 Å². The zero-order valence-corrected chi connectivity index (χ0v) is 13.7. The van der Waals surface area contributed by atoms with Crippen LogP contribution in [0.15, 0.2) is 29.9 Å². The highest BCUT2D eigenvalue weighted by atomic mass is 32.1. The van der Waals surface area contributed by atoms with Crippen LogP contribution in [0, 0.1) is 0 Å². The molecule has 0 saturated carbocycles. The van der Waals surface area contributed by atoms with Crippen molar-refractivity contribution >= 4 is 22.5 Å². The predicted molar refractivity (Wildman–Crippen MR) is 90.2 cm³/mol. The van der Waals surface area contributed by atoms with Gasteiger partial charge in [-0.15, -0.1) is 11.3 Å². The molecule has 0 aliphatic carbocycles. The summed E-state index contributed by atoms with van der Waals surface area (Å²) in [6.45, 7) is 1.70. The number of carbonyl (C=O) groups excluding carboxylic acids is 1. The minimum Gasteiger partial charge on any atom is -0.338 e. The second kappa shape index (κ2) is 8.45. The Kier molecular flexibility index (Phi) is 6.29. The monoisotopic (exact) mass is 319 g/mol. The van der Waals surface area contributed by atoms with Crippen LogP contribution in [0.5, 0.6) is 0 Å². The maximum atomic E-state index is 11.8. The minimum absolute atomic E-state index is 0.211. The number of amides is 2. The van der Waals surface area contributed by atoms with Crippen molar-refractivity contribution in [3.05, 3.63) is 29.9 Å². The zero-order chi connectivity index (χ0) is 15.8. The number of thiazole rings is 1. The number of anilines is 1. The van der Waals surface area contributed by atoms with Crippen LogP contribution < -0.4 is 10.6 Å². The molecule has 22 heavy (non-hydrogen) atoms. The molecule has 0 aromatic carbocycles. The summed E-state index contributed by atoms with van der Waals surface area (Å²) in [5.74, 6) is 0. The molecule has 2 aromatic heterocycles. The number of nitrogens with zero attached hydrogens (tertiary/aromatic N) is 3. The number of hydrogen-bond donors (Lipinski definition) is 2. The van der Waals surface area contributed by atoms with E-state index >= 15 is 0 Å². The van der Waals surface area contributed by atoms with Gasteiger partial charge in [-0.1, -0.05) is 0 Å². The van der Waals surface area contributed by atoms with Crippen molar-refractivity contribution < 1.29 is 4.79 Å². The number of aromatic nitrogens is 2. The predicted octanol–water partition coefficient (Wildman–Crippen LogP) is 2.67. The van der Waals surface area contributed by atoms with E-state index in [2.05, 4.69) is 25.5 Å². The molecule has 0 aliphatic rings. The van der Waals surface area contributed by atoms with Gasteiger partial charge in [0.05, 0.1) is 5.69 Å². The molecule has 2 rings (SSSR count). The maximum absolute atomic E-state index is 11.8. The van der Waals surface area contributed by atoms with Gasteiger partial charge in [-0.05, 0) is 45.6 Å². The summed E-state index contributed by atoms with van der Waals surface area (Å²) in [6.07, 6.45) is 5.50. The van der Waals surface area contributed by atoms with E-state index in [9.17, 15) is 4.79 Å². The lowest BCUT2D eigenvalue weighted by atomic mass is 10.2. The molecule has 2 N–H and O–H groups in total. The summed E-state index contributed by atoms with van der Waals surface area (Å²) in [5.41, 5.74) is 1.76. The highest BCUT2D eigenvalue weighted by molar-refractivity contribution is 7.14. The van der Waals surface area contributed by atoms with Crippen LogP contribution in [0.4, 0.5) is 9.93 Å². The Hall–Kier alpha value is -1.99. The van der Waals surface area contributed by atoms with Crippen LogP contribution >= 0.6 is 11.3 Å². The molecule has 6 nitrogen and oxygen atoms in total. The molecule has 2 amide bonds. The number of hydrogen-bond acceptors (Lipinski definition) is 5. The lowest BCUT2D eigenvalue weighted by molar-refractivity contribution is 0.251. The molecular weight excluding hydrogens is 298 g/mol. The molecule has 0 saturated heterocycles. The zero-order valence-electron chi connectivity index (χ0n) is 12.9. The van der Waals surface area contributed by atoms with Gasteiger partial charge < -0.3 is 10.2 Å². The van der Waals surface area contributed by atoms with Crippen LogP contribution in [0.3, 0.4) is 0 Å². The third kappa shape index (κ3) is 5.42. The van der Waals surface area contributed by atoms with Crippen LogP contribution in [-0.2, 0) is 0 Å². The average Bonchev–Trinajstić information content (AvgIpc) is 2.96. The Morgan fingerprint density at radius 3 is 2.95 bits per heavy atom. The fourth-order valence-corrected chi connectivity index (χ4v) is 2.59. The lowest BCUT2D eigenvalue weighted by Crippen LogP contribution is -2.29. The fourth-order valence-electron chi connectivity index (χ4n) is 1.87. The highest BCUT2D eigenvalue weighted by Crippen LogP contribution is 2.23. The van der Waals surface area contributed by atoms with E-state index in [1.807, 2.05) is 31.6 Å². The average molecular weight is 319 g/mol. The maximum Gasteiger partial charge on any atom is 0.321 e. The lowest BCUT2D eigenvalue weighted by Gasteiger charge is -2.09. The normalized spacial score (nSPS) is 10.7. The van der Waals surface area contributed by atoms with Crippen molar-refractivity contribution in [1.82, 2.24) is 20.2 Å². The molecular formula is C15H21N5OS. The van der Waals surface area contributed by atoms with Gasteiger partial charge in [0, 0.05) is 29.9 Å². The largest absolute Gasteiger partial charge is 0.338 e. The van der Waals surface area contributed by atoms with Crippen molar-refractivity contribution in [2.75, 3.05) is 32.5 Å². The summed E-state index contributed by atoms with van der Waals surface area (Å²) in [4.78, 5) is 22.4. The second-order valence-corrected chi connectivity index (χ2v) is 6.03. The van der Waals surface area contributed by atoms with E-state index in [-0.39, 0.29) is 6.03 Å². The summed E-state index contributed by atoms with van der Waals surface area (Å²) in [6, 6.07) is 3.59. The third-order valence-corrected chi connectivity index (χ3v) is 3.76. The fraction of sp³-hybridized carbons (Fsp3) is 0.400. The number of unbranched alkanes of at least 4 members (excludes halogenated alkanes) is 1. The molecule has 7 heteroatoms. The van der Waals surface area contributed by atoms with E-state index in [0.29, 0.717) is 11.7 Å². The molecule has 0 bridgehead atoms. The van der Waals surface area contributed by atoms with Gasteiger partial charge in [-0.2, -0.15) is 0 Å². The van der Waals surface area contributed by atoms with E-state index in [1.54, 1.807) is 12.4 Å². The third-order valence-electron chi connectivity index (χ3n) is 3.00. The van der Waals surface area contributed by atoms with Gasteiger partial charge in [-0.3, -0.25) is 10.3 Å². The molecule has 0 fully saturated rings. The van der Waals surface area contributed by atoms with Crippen molar-refractivity contribution in [2.45, 2.75) is 12.8 Å². The van der Waals surface area contributed by atoms with Gasteiger partial charge in [-0.25, -0.2) is 9.78 Å². The van der Waals surface area contributed by atoms with E-state index in [0.717, 1.165) is 30.6 Å². The smallest absolute Gasteiger partial charge is 0.321 e. The summed E-state index contributed by atoms with van der Waals surface area (Å²) in [7, 11) is 4.09. The minimum atomic E-state index is -0.211. The van der Waals surface area contributed by atoms with E-state index in [1.165, 1.54) is 11.3 Å². The number of urea groups is 1. The summed E-state index contributed by atoms with van der Waals surface area (Å²) >= 11 is 1.40. The molecule has 2 aromatic rings. The first-order valence-corrected chi connectivity index (χ1v) is 8.08. The number of pyridine rings is 1. The molecule has 0 radical (unpaired) electrons. The SMILES string of the molecule is CN(C)CCCCNC(=O)Nc1nc(-c2cccnc2)cs1. The van der Waals surface area contributed by atoms with Gasteiger partial charge in [0.25, 0.3) is 0 Å². The Morgan fingerprint density at radius 1 is 1.36 bits per heavy atom. The van der Waals surface area contributed by atoms with E-state index in [4.69, 9.17) is 0 Å². The second-order valence-electron chi connectivity index (χ2n) is 5.17. The summed E-state index contributed by atoms with van der Waals surface area (Å²) in [5, 5.41) is 8.09. The van der Waals surface area contributed by atoms with Gasteiger partial charge in [0.15, 0.2) is 5.13 Å². The highest BCUT2D eigenvalue weighted by Gasteiger charge is 2.07. The number of rotatable bonds is 7. The first-order chi connectivity index (χ1) is 10.6. The van der Waals surface area contributed by atoms with E-state index < -0.39 is 0 Å². The molecule has 118 valence electrons. The van der Waals surface area contributed by atoms with Crippen molar-refractivity contribution in [2.24, 2.45) is 0 Å². The number of nitrogens with one attached hydrogen (secondary N) is 2. The molecule has 0 atom stereocenters. The first-order valence-electron chi connectivity index (χ1n) is 7.20. The van der Waals surface area contributed by atoms with Crippen molar-refractivity contribution in [3.63, 3.8) is 0 Å². The van der Waals surface area contributed by atoms with Gasteiger partial charge >= 0.3 is 6.03 Å². The first kappa shape index (κ1) is 16.4. The molecule has 0 spiro atoms. The van der Waals surface area contributed by atoms with Crippen molar-refractivity contribution in [1.29, 1.82) is 0 Å². The molecule has 2 heterocycles. The number of carbonyl (C=O) groups is 1. The quantitative estimate of drug-likeness (QED) is 0.770. The molecule has 0 aliphatic heterocycles. The van der Waals surface area contributed by atoms with Crippen LogP contribution in [0.2, 0.25) is 0 Å². The van der Waals surface area contributed by atoms with Crippen LogP contribution in [0.25, 0.3) is 11.3 Å². The van der Waals surface area contributed by atoms with Crippen LogP contribution in [-0.4, -0.2) is 48.1 Å². The van der Waals surface area contributed by atoms with Gasteiger partial charge in [0.1, 0.15) is 0 Å². The molecule has 0 unspecified atom stereocenters. The Morgan fingerprint density at radius 2 is 2.23 bits per heavy atom. The standard InChI is InChI=1S/C15H21N5OS/c1-20(2)9-4-3-8-17-14(21)19-15-18-13(11-22-15)12-6-5-7-16-10-12/h5-7,10-11H,3-4,8-9H2,1-2H3,(H2,17,18,19,21). The van der Waals surface area contributed by atoms with Gasteiger partial charge in [0.2, 0.25) is 0 Å². The topological polar surface area (TPSA) is 70.2 Å². The Labute approximate surface area is 134 Å². The Balaban J connectivity index is 1.74.